The number of hydrogen-bond donors (Lipinski definition) is 1. The molecular weight excluding hydrogens is 236 g/mol. The lowest BCUT2D eigenvalue weighted by Gasteiger charge is -2.41. The molecule has 0 unspecified atom stereocenters. The molecule has 0 atom stereocenters. The van der Waals surface area contributed by atoms with Crippen molar-refractivity contribution in [2.45, 2.75) is 39.5 Å². The normalized spacial score (nSPS) is 18.3. The molecule has 0 aromatic heterocycles. The summed E-state index contributed by atoms with van der Waals surface area (Å²) in [5, 5.41) is 0. The van der Waals surface area contributed by atoms with Crippen LogP contribution in [-0.4, -0.2) is 23.9 Å². The number of benzene rings is 1. The molecule has 1 fully saturated rings. The summed E-state index contributed by atoms with van der Waals surface area (Å²) >= 11 is 0. The third kappa shape index (κ3) is 2.75. The van der Waals surface area contributed by atoms with Gasteiger partial charge in [0, 0.05) is 18.8 Å². The number of hydrogen-bond acceptors (Lipinski definition) is 2. The van der Waals surface area contributed by atoms with Gasteiger partial charge in [0.05, 0.1) is 5.56 Å². The number of likely N-dealkylation sites (tertiary alicyclic amines) is 1. The van der Waals surface area contributed by atoms with Crippen molar-refractivity contribution in [3.05, 3.63) is 29.8 Å². The number of anilines is 1. The molecule has 1 heterocycles. The molecule has 3 heteroatoms. The largest absolute Gasteiger partial charge is 0.398 e. The maximum atomic E-state index is 12.5. The molecule has 19 heavy (non-hydrogen) atoms. The number of para-hydroxylation sites is 1. The molecule has 1 saturated heterocycles. The lowest BCUT2D eigenvalue weighted by atomic mass is 9.74. The fourth-order valence-corrected chi connectivity index (χ4v) is 3.00. The number of piperidine rings is 1. The van der Waals surface area contributed by atoms with Gasteiger partial charge in [-0.1, -0.05) is 38.8 Å². The lowest BCUT2D eigenvalue weighted by Crippen LogP contribution is -2.43. The Morgan fingerprint density at radius 3 is 2.32 bits per heavy atom. The van der Waals surface area contributed by atoms with Gasteiger partial charge < -0.3 is 10.6 Å². The van der Waals surface area contributed by atoms with Crippen LogP contribution in [0.5, 0.6) is 0 Å². The zero-order valence-corrected chi connectivity index (χ0v) is 12.0. The molecule has 0 spiro atoms. The molecule has 3 nitrogen and oxygen atoms in total. The Morgan fingerprint density at radius 1 is 1.21 bits per heavy atom. The molecule has 2 N–H and O–H groups in total. The molecule has 2 rings (SSSR count). The van der Waals surface area contributed by atoms with Crippen LogP contribution in [0.2, 0.25) is 0 Å². The standard InChI is InChI=1S/C16H24N2O/c1-3-16(4-2)9-11-18(12-10-16)15(19)13-7-5-6-8-14(13)17/h5-8H,3-4,9-12,17H2,1-2H3. The van der Waals surface area contributed by atoms with Gasteiger partial charge in [-0.05, 0) is 30.4 Å². The Balaban J connectivity index is 2.06. The number of nitrogen functional groups attached to an aromatic ring is 1. The van der Waals surface area contributed by atoms with Gasteiger partial charge in [-0.2, -0.15) is 0 Å². The van der Waals surface area contributed by atoms with E-state index < -0.39 is 0 Å². The summed E-state index contributed by atoms with van der Waals surface area (Å²) in [5.74, 6) is 0.0823. The van der Waals surface area contributed by atoms with Crippen LogP contribution in [0.4, 0.5) is 5.69 Å². The van der Waals surface area contributed by atoms with E-state index in [1.165, 1.54) is 12.8 Å². The van der Waals surface area contributed by atoms with Crippen molar-refractivity contribution in [2.24, 2.45) is 5.41 Å². The maximum Gasteiger partial charge on any atom is 0.255 e. The van der Waals surface area contributed by atoms with Crippen molar-refractivity contribution >= 4 is 11.6 Å². The molecule has 0 aliphatic carbocycles. The van der Waals surface area contributed by atoms with Crippen molar-refractivity contribution in [3.8, 4) is 0 Å². The molecule has 1 aliphatic heterocycles. The molecule has 104 valence electrons. The maximum absolute atomic E-state index is 12.5. The van der Waals surface area contributed by atoms with Gasteiger partial charge in [0.15, 0.2) is 0 Å². The third-order valence-corrected chi connectivity index (χ3v) is 4.80. The van der Waals surface area contributed by atoms with Crippen LogP contribution in [-0.2, 0) is 0 Å². The summed E-state index contributed by atoms with van der Waals surface area (Å²) in [4.78, 5) is 14.4. The smallest absolute Gasteiger partial charge is 0.255 e. The topological polar surface area (TPSA) is 46.3 Å². The van der Waals surface area contributed by atoms with Gasteiger partial charge in [0.25, 0.3) is 5.91 Å². The van der Waals surface area contributed by atoms with E-state index in [-0.39, 0.29) is 5.91 Å². The minimum absolute atomic E-state index is 0.0823. The minimum atomic E-state index is 0.0823. The first-order chi connectivity index (χ1) is 9.12. The van der Waals surface area contributed by atoms with E-state index in [0.29, 0.717) is 16.7 Å². The van der Waals surface area contributed by atoms with Gasteiger partial charge in [-0.3, -0.25) is 4.79 Å². The van der Waals surface area contributed by atoms with E-state index >= 15 is 0 Å². The van der Waals surface area contributed by atoms with E-state index in [0.717, 1.165) is 25.9 Å². The minimum Gasteiger partial charge on any atom is -0.398 e. The highest BCUT2D eigenvalue weighted by Crippen LogP contribution is 2.38. The van der Waals surface area contributed by atoms with E-state index in [1.54, 1.807) is 6.07 Å². The van der Waals surface area contributed by atoms with Crippen LogP contribution in [0.15, 0.2) is 24.3 Å². The van der Waals surface area contributed by atoms with Gasteiger partial charge in [0.1, 0.15) is 0 Å². The molecule has 1 aromatic carbocycles. The van der Waals surface area contributed by atoms with Crippen LogP contribution in [0.1, 0.15) is 49.9 Å². The van der Waals surface area contributed by atoms with Gasteiger partial charge >= 0.3 is 0 Å². The van der Waals surface area contributed by atoms with Crippen LogP contribution in [0.3, 0.4) is 0 Å². The predicted octanol–water partition coefficient (Wildman–Crippen LogP) is 3.31. The van der Waals surface area contributed by atoms with Crippen molar-refractivity contribution in [2.75, 3.05) is 18.8 Å². The number of carbonyl (C=O) groups is 1. The van der Waals surface area contributed by atoms with Crippen LogP contribution < -0.4 is 5.73 Å². The number of amides is 1. The van der Waals surface area contributed by atoms with Crippen LogP contribution in [0.25, 0.3) is 0 Å². The summed E-state index contributed by atoms with van der Waals surface area (Å²) in [7, 11) is 0. The number of rotatable bonds is 3. The number of carbonyl (C=O) groups excluding carboxylic acids is 1. The molecule has 0 saturated carbocycles. The summed E-state index contributed by atoms with van der Waals surface area (Å²) in [5.41, 5.74) is 7.55. The second-order valence-electron chi connectivity index (χ2n) is 5.59. The predicted molar refractivity (Wildman–Crippen MR) is 79.0 cm³/mol. The first kappa shape index (κ1) is 13.9. The van der Waals surface area contributed by atoms with E-state index in [2.05, 4.69) is 13.8 Å². The average Bonchev–Trinajstić information content (AvgIpc) is 2.47. The zero-order chi connectivity index (χ0) is 13.9. The monoisotopic (exact) mass is 260 g/mol. The second kappa shape index (κ2) is 5.64. The van der Waals surface area contributed by atoms with E-state index in [1.807, 2.05) is 23.1 Å². The summed E-state index contributed by atoms with van der Waals surface area (Å²) in [6.07, 6.45) is 4.63. The Bertz CT molecular complexity index is 442. The van der Waals surface area contributed by atoms with Crippen molar-refractivity contribution in [1.29, 1.82) is 0 Å². The second-order valence-corrected chi connectivity index (χ2v) is 5.59. The Morgan fingerprint density at radius 2 is 1.79 bits per heavy atom. The highest BCUT2D eigenvalue weighted by atomic mass is 16.2. The summed E-state index contributed by atoms with van der Waals surface area (Å²) in [6.45, 7) is 6.23. The molecule has 1 aliphatic rings. The summed E-state index contributed by atoms with van der Waals surface area (Å²) < 4.78 is 0. The molecule has 0 radical (unpaired) electrons. The number of nitrogens with two attached hydrogens (primary N) is 1. The van der Waals surface area contributed by atoms with Crippen molar-refractivity contribution < 1.29 is 4.79 Å². The first-order valence-corrected chi connectivity index (χ1v) is 7.25. The fraction of sp³-hybridized carbons (Fsp3) is 0.562. The lowest BCUT2D eigenvalue weighted by molar-refractivity contribution is 0.0559. The van der Waals surface area contributed by atoms with E-state index in [9.17, 15) is 4.79 Å². The van der Waals surface area contributed by atoms with E-state index in [4.69, 9.17) is 5.73 Å². The first-order valence-electron chi connectivity index (χ1n) is 7.25. The van der Waals surface area contributed by atoms with Gasteiger partial charge in [-0.15, -0.1) is 0 Å². The number of nitrogens with zero attached hydrogens (tertiary/aromatic N) is 1. The van der Waals surface area contributed by atoms with Crippen LogP contribution in [0, 0.1) is 5.41 Å². The quantitative estimate of drug-likeness (QED) is 0.847. The SMILES string of the molecule is CCC1(CC)CCN(C(=O)c2ccccc2N)CC1. The van der Waals surface area contributed by atoms with Crippen molar-refractivity contribution in [1.82, 2.24) is 4.90 Å². The molecule has 1 amide bonds. The summed E-state index contributed by atoms with van der Waals surface area (Å²) in [6, 6.07) is 7.34. The third-order valence-electron chi connectivity index (χ3n) is 4.80. The highest BCUT2D eigenvalue weighted by molar-refractivity contribution is 5.99. The zero-order valence-electron chi connectivity index (χ0n) is 12.0. The Kier molecular flexibility index (Phi) is 4.13. The highest BCUT2D eigenvalue weighted by Gasteiger charge is 2.33. The van der Waals surface area contributed by atoms with Gasteiger partial charge in [0.2, 0.25) is 0 Å². The Hall–Kier alpha value is -1.51. The average molecular weight is 260 g/mol. The van der Waals surface area contributed by atoms with Crippen molar-refractivity contribution in [3.63, 3.8) is 0 Å². The molecular formula is C16H24N2O. The Labute approximate surface area is 115 Å². The molecule has 0 bridgehead atoms. The fourth-order valence-electron chi connectivity index (χ4n) is 3.00. The molecule has 1 aromatic rings. The van der Waals surface area contributed by atoms with Gasteiger partial charge in [-0.25, -0.2) is 0 Å². The van der Waals surface area contributed by atoms with Crippen LogP contribution >= 0.6 is 0 Å².